The Morgan fingerprint density at radius 1 is 1.26 bits per heavy atom. The van der Waals surface area contributed by atoms with E-state index in [1.807, 2.05) is 49.4 Å². The van der Waals surface area contributed by atoms with Crippen molar-refractivity contribution in [3.8, 4) is 5.75 Å². The number of nitrogens with one attached hydrogen (secondary N) is 2. The maximum Gasteiger partial charge on any atom is 0.251 e. The molecule has 2 aromatic carbocycles. The fraction of sp³-hybridized carbons (Fsp3) is 0.222. The van der Waals surface area contributed by atoms with E-state index in [4.69, 9.17) is 4.74 Å². The number of aromatic amines is 1. The third kappa shape index (κ3) is 3.51. The molecule has 0 spiro atoms. The zero-order chi connectivity index (χ0) is 16.2. The summed E-state index contributed by atoms with van der Waals surface area (Å²) in [5, 5.41) is 2.92. The largest absolute Gasteiger partial charge is 0.497 e. The minimum absolute atomic E-state index is 0.0634. The third-order valence-corrected chi connectivity index (χ3v) is 3.67. The lowest BCUT2D eigenvalue weighted by Crippen LogP contribution is -2.25. The molecule has 0 unspecified atom stereocenters. The van der Waals surface area contributed by atoms with E-state index in [0.717, 1.165) is 28.2 Å². The molecule has 0 aliphatic carbocycles. The van der Waals surface area contributed by atoms with Crippen molar-refractivity contribution in [1.82, 2.24) is 15.3 Å². The van der Waals surface area contributed by atoms with Gasteiger partial charge >= 0.3 is 0 Å². The number of hydrogen-bond donors (Lipinski definition) is 2. The maximum absolute atomic E-state index is 12.1. The van der Waals surface area contributed by atoms with E-state index < -0.39 is 0 Å². The van der Waals surface area contributed by atoms with Crippen LogP contribution < -0.4 is 10.1 Å². The van der Waals surface area contributed by atoms with Crippen LogP contribution in [0.25, 0.3) is 11.0 Å². The number of methoxy groups -OCH3 is 1. The number of imidazole rings is 1. The predicted octanol–water partition coefficient (Wildman–Crippen LogP) is 2.85. The number of nitrogens with zero attached hydrogens (tertiary/aromatic N) is 1. The highest BCUT2D eigenvalue weighted by molar-refractivity contribution is 5.94. The van der Waals surface area contributed by atoms with Crippen molar-refractivity contribution >= 4 is 16.9 Å². The minimum Gasteiger partial charge on any atom is -0.497 e. The number of rotatable bonds is 5. The Morgan fingerprint density at radius 3 is 2.91 bits per heavy atom. The number of aryl methyl sites for hydroxylation is 1. The smallest absolute Gasteiger partial charge is 0.251 e. The van der Waals surface area contributed by atoms with Crippen molar-refractivity contribution in [2.75, 3.05) is 13.7 Å². The van der Waals surface area contributed by atoms with Crippen LogP contribution in [0.4, 0.5) is 0 Å². The van der Waals surface area contributed by atoms with Gasteiger partial charge in [-0.15, -0.1) is 0 Å². The summed E-state index contributed by atoms with van der Waals surface area (Å²) in [6, 6.07) is 13.3. The fourth-order valence-electron chi connectivity index (χ4n) is 2.47. The maximum atomic E-state index is 12.1. The lowest BCUT2D eigenvalue weighted by atomic mass is 10.1. The molecule has 1 heterocycles. The van der Waals surface area contributed by atoms with Crippen LogP contribution in [0, 0.1) is 6.92 Å². The van der Waals surface area contributed by atoms with Gasteiger partial charge in [0.15, 0.2) is 0 Å². The first-order chi connectivity index (χ1) is 11.2. The van der Waals surface area contributed by atoms with E-state index in [9.17, 15) is 4.79 Å². The van der Waals surface area contributed by atoms with Crippen LogP contribution in [0.2, 0.25) is 0 Å². The Bertz CT molecular complexity index is 839. The summed E-state index contributed by atoms with van der Waals surface area (Å²) in [4.78, 5) is 19.8. The SMILES string of the molecule is COc1ccc2nc(CCNC(=O)c3cccc(C)c3)[nH]c2c1. The zero-order valence-corrected chi connectivity index (χ0v) is 13.2. The average molecular weight is 309 g/mol. The second kappa shape index (κ2) is 6.52. The molecule has 0 saturated carbocycles. The van der Waals surface area contributed by atoms with E-state index in [1.165, 1.54) is 0 Å². The van der Waals surface area contributed by atoms with E-state index in [2.05, 4.69) is 15.3 Å². The van der Waals surface area contributed by atoms with Crippen LogP contribution >= 0.6 is 0 Å². The number of H-pyrrole nitrogens is 1. The molecule has 0 saturated heterocycles. The lowest BCUT2D eigenvalue weighted by Gasteiger charge is -2.04. The van der Waals surface area contributed by atoms with Crippen LogP contribution in [-0.2, 0) is 6.42 Å². The molecule has 3 rings (SSSR count). The van der Waals surface area contributed by atoms with Gasteiger partial charge in [0.25, 0.3) is 5.91 Å². The summed E-state index contributed by atoms with van der Waals surface area (Å²) < 4.78 is 5.20. The molecule has 1 amide bonds. The van der Waals surface area contributed by atoms with Crippen molar-refractivity contribution in [2.45, 2.75) is 13.3 Å². The van der Waals surface area contributed by atoms with Crippen LogP contribution in [0.3, 0.4) is 0 Å². The Hall–Kier alpha value is -2.82. The standard InChI is InChI=1S/C18H19N3O2/c1-12-4-3-5-13(10-12)18(22)19-9-8-17-20-15-7-6-14(23-2)11-16(15)21-17/h3-7,10-11H,8-9H2,1-2H3,(H,19,22)(H,20,21). The molecule has 0 atom stereocenters. The van der Waals surface area contributed by atoms with Gasteiger partial charge in [-0.2, -0.15) is 0 Å². The molecular formula is C18H19N3O2. The number of ether oxygens (including phenoxy) is 1. The second-order valence-electron chi connectivity index (χ2n) is 5.44. The summed E-state index contributed by atoms with van der Waals surface area (Å²) in [5.74, 6) is 1.57. The van der Waals surface area contributed by atoms with Crippen molar-refractivity contribution in [2.24, 2.45) is 0 Å². The Kier molecular flexibility index (Phi) is 4.28. The van der Waals surface area contributed by atoms with Gasteiger partial charge in [0.05, 0.1) is 18.1 Å². The number of aromatic nitrogens is 2. The van der Waals surface area contributed by atoms with E-state index in [1.54, 1.807) is 7.11 Å². The molecule has 5 nitrogen and oxygen atoms in total. The molecule has 0 radical (unpaired) electrons. The molecule has 0 bridgehead atoms. The van der Waals surface area contributed by atoms with Gasteiger partial charge in [-0.05, 0) is 31.2 Å². The number of carbonyl (C=O) groups is 1. The molecule has 1 aromatic heterocycles. The molecular weight excluding hydrogens is 290 g/mol. The summed E-state index contributed by atoms with van der Waals surface area (Å²) in [5.41, 5.74) is 3.58. The van der Waals surface area contributed by atoms with Gasteiger partial charge in [-0.25, -0.2) is 4.98 Å². The summed E-state index contributed by atoms with van der Waals surface area (Å²) in [7, 11) is 1.64. The molecule has 118 valence electrons. The predicted molar refractivity (Wildman–Crippen MR) is 89.9 cm³/mol. The van der Waals surface area contributed by atoms with E-state index >= 15 is 0 Å². The third-order valence-electron chi connectivity index (χ3n) is 3.67. The average Bonchev–Trinajstić information content (AvgIpc) is 2.96. The first-order valence-electron chi connectivity index (χ1n) is 7.53. The van der Waals surface area contributed by atoms with Crippen LogP contribution in [0.5, 0.6) is 5.75 Å². The Labute approximate surface area is 134 Å². The number of hydrogen-bond acceptors (Lipinski definition) is 3. The lowest BCUT2D eigenvalue weighted by molar-refractivity contribution is 0.0954. The normalized spacial score (nSPS) is 10.7. The van der Waals surface area contributed by atoms with Crippen LogP contribution in [0.15, 0.2) is 42.5 Å². The highest BCUT2D eigenvalue weighted by Gasteiger charge is 2.07. The molecule has 23 heavy (non-hydrogen) atoms. The van der Waals surface area contributed by atoms with E-state index in [0.29, 0.717) is 18.5 Å². The molecule has 0 aliphatic heterocycles. The molecule has 2 N–H and O–H groups in total. The molecule has 0 fully saturated rings. The fourth-order valence-corrected chi connectivity index (χ4v) is 2.47. The zero-order valence-electron chi connectivity index (χ0n) is 13.2. The van der Waals surface area contributed by atoms with Gasteiger partial charge in [0.2, 0.25) is 0 Å². The highest BCUT2D eigenvalue weighted by Crippen LogP contribution is 2.18. The summed E-state index contributed by atoms with van der Waals surface area (Å²) >= 11 is 0. The van der Waals surface area contributed by atoms with Crippen molar-refractivity contribution in [1.29, 1.82) is 0 Å². The van der Waals surface area contributed by atoms with Gasteiger partial charge in [-0.3, -0.25) is 4.79 Å². The quantitative estimate of drug-likeness (QED) is 0.761. The van der Waals surface area contributed by atoms with Crippen LogP contribution in [0.1, 0.15) is 21.7 Å². The van der Waals surface area contributed by atoms with Crippen molar-refractivity contribution < 1.29 is 9.53 Å². The number of carbonyl (C=O) groups excluding carboxylic acids is 1. The number of fused-ring (bicyclic) bond motifs is 1. The molecule has 0 aliphatic rings. The first kappa shape index (κ1) is 15.1. The Morgan fingerprint density at radius 2 is 2.13 bits per heavy atom. The molecule has 5 heteroatoms. The van der Waals surface area contributed by atoms with Gasteiger partial charge < -0.3 is 15.0 Å². The van der Waals surface area contributed by atoms with Crippen molar-refractivity contribution in [3.63, 3.8) is 0 Å². The summed E-state index contributed by atoms with van der Waals surface area (Å²) in [6.45, 7) is 2.50. The van der Waals surface area contributed by atoms with Gasteiger partial charge in [-0.1, -0.05) is 17.7 Å². The number of amides is 1. The number of benzene rings is 2. The summed E-state index contributed by atoms with van der Waals surface area (Å²) in [6.07, 6.45) is 0.647. The van der Waals surface area contributed by atoms with Gasteiger partial charge in [0, 0.05) is 24.6 Å². The first-order valence-corrected chi connectivity index (χ1v) is 7.53. The van der Waals surface area contributed by atoms with Crippen molar-refractivity contribution in [3.05, 3.63) is 59.4 Å². The molecule has 3 aromatic rings. The second-order valence-corrected chi connectivity index (χ2v) is 5.44. The van der Waals surface area contributed by atoms with Gasteiger partial charge in [0.1, 0.15) is 11.6 Å². The minimum atomic E-state index is -0.0634. The topological polar surface area (TPSA) is 67.0 Å². The van der Waals surface area contributed by atoms with E-state index in [-0.39, 0.29) is 5.91 Å². The Balaban J connectivity index is 1.61. The highest BCUT2D eigenvalue weighted by atomic mass is 16.5. The monoisotopic (exact) mass is 309 g/mol. The van der Waals surface area contributed by atoms with Crippen LogP contribution in [-0.4, -0.2) is 29.5 Å².